The van der Waals surface area contributed by atoms with Crippen molar-refractivity contribution >= 4 is 71.3 Å². The molecule has 0 aliphatic carbocycles. The first-order valence-corrected chi connectivity index (χ1v) is 19.7. The van der Waals surface area contributed by atoms with Gasteiger partial charge in [-0.3, -0.25) is 48.9 Å². The Balaban J connectivity index is -0.00000331. The maximum absolute atomic E-state index is 13.2. The van der Waals surface area contributed by atoms with Crippen LogP contribution >= 0.6 is 0 Å². The molecule has 362 valence electrons. The van der Waals surface area contributed by atoms with E-state index in [-0.39, 0.29) is 220 Å². The van der Waals surface area contributed by atoms with Crippen LogP contribution in [0, 0.1) is 0 Å². The van der Waals surface area contributed by atoms with E-state index in [4.69, 9.17) is 45.9 Å². The Bertz CT molecular complexity index is 1460. The van der Waals surface area contributed by atoms with Crippen LogP contribution in [0.3, 0.4) is 0 Å². The third-order valence-corrected chi connectivity index (χ3v) is 8.46. The van der Waals surface area contributed by atoms with E-state index in [1.54, 1.807) is 0 Å². The van der Waals surface area contributed by atoms with Gasteiger partial charge in [0.25, 0.3) is 0 Å². The first-order valence-electron chi connectivity index (χ1n) is 19.7. The maximum atomic E-state index is 13.2. The van der Waals surface area contributed by atoms with Crippen molar-refractivity contribution in [2.24, 2.45) is 65.8 Å². The van der Waals surface area contributed by atoms with Gasteiger partial charge in [0.05, 0.1) is 74.2 Å². The topological polar surface area (TPSA) is 541 Å². The molecule has 20 N–H and O–H groups in total. The summed E-state index contributed by atoms with van der Waals surface area (Å²) in [6.07, 6.45) is -0.338. The summed E-state index contributed by atoms with van der Waals surface area (Å²) in [6.45, 7) is -3.67. The Morgan fingerprint density at radius 2 is 0.544 bits per heavy atom. The molecule has 0 aliphatic heterocycles. The fraction of sp³-hybridized carbons (Fsp3) is 0.647. The minimum absolute atomic E-state index is 0. The predicted molar refractivity (Wildman–Crippen MR) is 220 cm³/mol. The summed E-state index contributed by atoms with van der Waals surface area (Å²) in [4.78, 5) is 117. The molecule has 0 saturated carbocycles. The number of amides is 4. The number of hydrogen-bond donors (Lipinski definition) is 12. The van der Waals surface area contributed by atoms with Crippen LogP contribution in [0.25, 0.3) is 0 Å². The molecule has 4 amide bonds. The maximum Gasteiger partial charge on any atom is 1.00 e. The van der Waals surface area contributed by atoms with Crippen LogP contribution in [0.1, 0.15) is 51.4 Å². The van der Waals surface area contributed by atoms with Crippen molar-refractivity contribution in [2.75, 3.05) is 65.4 Å². The van der Waals surface area contributed by atoms with Crippen LogP contribution in [-0.2, 0) is 38.4 Å². The molecule has 30 nitrogen and oxygen atoms in total. The van der Waals surface area contributed by atoms with Gasteiger partial charge in [0.2, 0.25) is 23.6 Å². The van der Waals surface area contributed by atoms with Gasteiger partial charge in [-0.15, -0.1) is 0 Å². The van der Waals surface area contributed by atoms with Gasteiger partial charge >= 0.3 is 118 Å². The Morgan fingerprint density at radius 3 is 0.691 bits per heavy atom. The van der Waals surface area contributed by atoms with E-state index in [0.717, 1.165) is 9.80 Å². The molecule has 0 fully saturated rings. The largest absolute Gasteiger partial charge is 1.00 e. The molecular weight excluding hydrogens is 944 g/mol. The van der Waals surface area contributed by atoms with E-state index in [1.807, 2.05) is 0 Å². The van der Waals surface area contributed by atoms with Gasteiger partial charge in [0.15, 0.2) is 23.8 Å². The fourth-order valence-electron chi connectivity index (χ4n) is 5.49. The third kappa shape index (κ3) is 39.6. The van der Waals surface area contributed by atoms with Gasteiger partial charge in [0.1, 0.15) is 0 Å². The number of rotatable bonds is 35. The second kappa shape index (κ2) is 42.6. The zero-order chi connectivity index (χ0) is 48.8. The molecular formula is C34H60N18Na4O12. The molecule has 0 aromatic rings. The van der Waals surface area contributed by atoms with Gasteiger partial charge in [-0.2, -0.15) is 0 Å². The van der Waals surface area contributed by atoms with Gasteiger partial charge in [-0.05, 0) is 51.4 Å². The number of hydrogen-bond acceptors (Lipinski definition) is 18. The van der Waals surface area contributed by atoms with Crippen LogP contribution in [0.2, 0.25) is 0 Å². The van der Waals surface area contributed by atoms with Gasteiger partial charge < -0.3 is 107 Å². The molecule has 0 heterocycles. The Morgan fingerprint density at radius 1 is 0.368 bits per heavy atom. The van der Waals surface area contributed by atoms with E-state index in [0.29, 0.717) is 0 Å². The number of carbonyl (C=O) groups excluding carboxylic acids is 8. The molecule has 0 aromatic heterocycles. The van der Waals surface area contributed by atoms with Crippen LogP contribution < -0.4 is 206 Å². The van der Waals surface area contributed by atoms with E-state index < -0.39 is 111 Å². The SMILES string of the molecule is NC(N)=NCCCC(NC(=O)CN(CCN(CC(=O)NC(CCCN=C(N)N)C(=O)[O-])CC(=O)NC(CCCN=C(N)N)C(=O)[O-])CC(=O)NC(CCCN=C(N)N)C(=O)[O-])C(=O)[O-].[Na+].[Na+].[Na+].[Na+]. The van der Waals surface area contributed by atoms with Crippen LogP contribution in [0.15, 0.2) is 20.0 Å². The van der Waals surface area contributed by atoms with Gasteiger partial charge in [-0.25, -0.2) is 0 Å². The molecule has 0 aromatic carbocycles. The fourth-order valence-corrected chi connectivity index (χ4v) is 5.49. The number of carboxylic acids is 4. The normalized spacial score (nSPS) is 11.9. The third-order valence-electron chi connectivity index (χ3n) is 8.46. The summed E-state index contributed by atoms with van der Waals surface area (Å²) in [5.74, 6) is -11.5. The number of carbonyl (C=O) groups is 8. The number of nitrogens with two attached hydrogens (primary N) is 8. The average Bonchev–Trinajstić information content (AvgIpc) is 3.17. The van der Waals surface area contributed by atoms with Crippen molar-refractivity contribution in [1.82, 2.24) is 31.1 Å². The molecule has 0 radical (unpaired) electrons. The van der Waals surface area contributed by atoms with Crippen LogP contribution in [0.4, 0.5) is 0 Å². The van der Waals surface area contributed by atoms with Gasteiger partial charge in [-0.1, -0.05) is 0 Å². The smallest absolute Gasteiger partial charge is 0.548 e. The molecule has 4 atom stereocenters. The predicted octanol–water partition coefficient (Wildman–Crippen LogP) is -25.2. The number of aliphatic carboxylic acids is 4. The van der Waals surface area contributed by atoms with E-state index in [2.05, 4.69) is 41.2 Å². The summed E-state index contributed by atoms with van der Waals surface area (Å²) in [5, 5.41) is 56.4. The first kappa shape index (κ1) is 73.7. The summed E-state index contributed by atoms with van der Waals surface area (Å²) in [7, 11) is 0. The number of nitrogens with zero attached hydrogens (tertiary/aromatic N) is 6. The molecule has 0 saturated heterocycles. The second-order valence-electron chi connectivity index (χ2n) is 14.0. The molecule has 0 spiro atoms. The second-order valence-corrected chi connectivity index (χ2v) is 14.0. The van der Waals surface area contributed by atoms with E-state index in [9.17, 15) is 58.8 Å². The number of nitrogens with one attached hydrogen (secondary N) is 4. The Labute approximate surface area is 481 Å². The van der Waals surface area contributed by atoms with Crippen molar-refractivity contribution < 1.29 is 177 Å². The monoisotopic (exact) mass is 1000 g/mol. The van der Waals surface area contributed by atoms with Gasteiger partial charge in [0, 0.05) is 39.3 Å². The Hall–Kier alpha value is -3.24. The van der Waals surface area contributed by atoms with Crippen molar-refractivity contribution in [1.29, 1.82) is 0 Å². The van der Waals surface area contributed by atoms with Crippen LogP contribution in [0.5, 0.6) is 0 Å². The molecule has 0 bridgehead atoms. The zero-order valence-electron chi connectivity index (χ0n) is 39.2. The summed E-state index contributed by atoms with van der Waals surface area (Å²) >= 11 is 0. The summed E-state index contributed by atoms with van der Waals surface area (Å²) in [6, 6.07) is -6.22. The quantitative estimate of drug-likeness (QED) is 0.0121. The van der Waals surface area contributed by atoms with Crippen molar-refractivity contribution in [2.45, 2.75) is 75.5 Å². The molecule has 68 heavy (non-hydrogen) atoms. The zero-order valence-corrected chi connectivity index (χ0v) is 47.2. The molecule has 34 heteroatoms. The standard InChI is InChI=1S/C34H64N18O12.4Na/c35-31(36)43-9-1-5-19(27(57)58)47-23(53)15-51(16-24(54)48-20(28(59)60)6-2-10-44-32(37)38)13-14-52(17-25(55)49-21(29(61)62)7-3-11-45-33(39)40)18-26(56)50-22(30(63)64)8-4-12-46-34(41)42;;;;/h19-22H,1-18H2,(H,47,53)(H,48,54)(H,49,55)(H,50,56)(H,57,58)(H,59,60)(H,61,62)(H,63,64)(H4,35,36,43)(H4,37,38,44)(H4,39,40,45)(H4,41,42,46);;;;/q;4*+1/p-4. The number of guanidine groups is 4. The average molecular weight is 1000 g/mol. The summed E-state index contributed by atoms with van der Waals surface area (Å²) < 4.78 is 0. The minimum Gasteiger partial charge on any atom is -0.548 e. The number of carboxylic acid groups (broad SMARTS) is 4. The van der Waals surface area contributed by atoms with E-state index >= 15 is 0 Å². The molecule has 0 rings (SSSR count). The van der Waals surface area contributed by atoms with E-state index in [1.165, 1.54) is 0 Å². The van der Waals surface area contributed by atoms with Crippen molar-refractivity contribution in [3.8, 4) is 0 Å². The molecule has 0 aliphatic rings. The van der Waals surface area contributed by atoms with Crippen LogP contribution in [-0.4, -0.2) is 171 Å². The summed E-state index contributed by atoms with van der Waals surface area (Å²) in [5.41, 5.74) is 42.3. The first-order chi connectivity index (χ1) is 30.0. The minimum atomic E-state index is -1.67. The van der Waals surface area contributed by atoms with Crippen molar-refractivity contribution in [3.05, 3.63) is 0 Å². The Kier molecular flexibility index (Phi) is 46.2. The van der Waals surface area contributed by atoms with Crippen molar-refractivity contribution in [3.63, 3.8) is 0 Å². The number of aliphatic imine (C=N–C) groups is 4. The molecule has 4 unspecified atom stereocenters.